The third kappa shape index (κ3) is 2.56. The summed E-state index contributed by atoms with van der Waals surface area (Å²) < 4.78 is 0. The summed E-state index contributed by atoms with van der Waals surface area (Å²) in [6.45, 7) is 2.80. The van der Waals surface area contributed by atoms with E-state index in [0.717, 1.165) is 31.1 Å². The fourth-order valence-electron chi connectivity index (χ4n) is 4.65. The van der Waals surface area contributed by atoms with Crippen molar-refractivity contribution in [2.75, 3.05) is 6.54 Å². The third-order valence-corrected chi connectivity index (χ3v) is 5.84. The van der Waals surface area contributed by atoms with E-state index in [2.05, 4.69) is 22.3 Å². The summed E-state index contributed by atoms with van der Waals surface area (Å²) in [6.07, 6.45) is 9.13. The second kappa shape index (κ2) is 6.04. The molecule has 118 valence electrons. The van der Waals surface area contributed by atoms with Crippen LogP contribution in [0.4, 0.5) is 0 Å². The second-order valence-corrected chi connectivity index (χ2v) is 7.19. The molecule has 2 fully saturated rings. The lowest BCUT2D eigenvalue weighted by Crippen LogP contribution is -2.40. The van der Waals surface area contributed by atoms with Crippen LogP contribution in [-0.4, -0.2) is 23.4 Å². The molecule has 1 aliphatic carbocycles. The molecule has 0 bridgehead atoms. The Bertz CT molecular complexity index is 563. The lowest BCUT2D eigenvalue weighted by atomic mass is 9.83. The van der Waals surface area contributed by atoms with Crippen molar-refractivity contribution in [3.05, 3.63) is 34.9 Å². The topological polar surface area (TPSA) is 32.3 Å². The summed E-state index contributed by atoms with van der Waals surface area (Å²) in [5.74, 6) is 1.01. The number of fused-ring (bicyclic) bond motifs is 1. The molecule has 0 aromatic heterocycles. The fourth-order valence-corrected chi connectivity index (χ4v) is 4.65. The molecule has 1 amide bonds. The Kier molecular flexibility index (Phi) is 3.91. The highest BCUT2D eigenvalue weighted by Crippen LogP contribution is 2.35. The van der Waals surface area contributed by atoms with E-state index >= 15 is 0 Å². The van der Waals surface area contributed by atoms with Gasteiger partial charge in [-0.15, -0.1) is 0 Å². The number of amides is 1. The molecule has 1 aromatic carbocycles. The van der Waals surface area contributed by atoms with Crippen LogP contribution in [0.1, 0.15) is 66.4 Å². The van der Waals surface area contributed by atoms with Crippen LogP contribution < -0.4 is 5.32 Å². The maximum absolute atomic E-state index is 13.0. The first kappa shape index (κ1) is 14.3. The first-order valence-corrected chi connectivity index (χ1v) is 8.96. The molecule has 0 radical (unpaired) electrons. The molecule has 1 atom stereocenters. The Morgan fingerprint density at radius 3 is 2.68 bits per heavy atom. The minimum Gasteiger partial charge on any atom is -0.335 e. The highest BCUT2D eigenvalue weighted by molar-refractivity contribution is 5.95. The maximum Gasteiger partial charge on any atom is 0.254 e. The Balaban J connectivity index is 1.53. The zero-order valence-electron chi connectivity index (χ0n) is 13.3. The average molecular weight is 298 g/mol. The van der Waals surface area contributed by atoms with Crippen molar-refractivity contribution < 1.29 is 4.79 Å². The monoisotopic (exact) mass is 298 g/mol. The van der Waals surface area contributed by atoms with E-state index in [1.807, 2.05) is 6.07 Å². The number of rotatable bonds is 2. The summed E-state index contributed by atoms with van der Waals surface area (Å²) in [7, 11) is 0. The van der Waals surface area contributed by atoms with Crippen molar-refractivity contribution in [2.45, 2.75) is 64.1 Å². The predicted molar refractivity (Wildman–Crippen MR) is 87.6 cm³/mol. The molecule has 1 aromatic rings. The molecule has 3 aliphatic rings. The number of hydrogen-bond acceptors (Lipinski definition) is 2. The van der Waals surface area contributed by atoms with E-state index in [1.165, 1.54) is 56.1 Å². The van der Waals surface area contributed by atoms with Crippen LogP contribution in [0.15, 0.2) is 18.2 Å². The molecule has 1 N–H and O–H groups in total. The first-order valence-electron chi connectivity index (χ1n) is 8.96. The van der Waals surface area contributed by atoms with Gasteiger partial charge < -0.3 is 10.2 Å². The SMILES string of the molecule is O=C(c1ccc2c(c1)CNC2)N1CCCC1C1CCCCC1. The fraction of sp³-hybridized carbons (Fsp3) is 0.632. The number of nitrogens with one attached hydrogen (secondary N) is 1. The van der Waals surface area contributed by atoms with Crippen LogP contribution in [0.3, 0.4) is 0 Å². The normalized spacial score (nSPS) is 25.5. The second-order valence-electron chi connectivity index (χ2n) is 7.19. The minimum atomic E-state index is 0.266. The summed E-state index contributed by atoms with van der Waals surface area (Å²) in [5, 5.41) is 3.36. The Morgan fingerprint density at radius 1 is 1.00 bits per heavy atom. The van der Waals surface area contributed by atoms with Crippen LogP contribution in [0.2, 0.25) is 0 Å². The summed E-state index contributed by atoms with van der Waals surface area (Å²) in [4.78, 5) is 15.2. The number of benzene rings is 1. The van der Waals surface area contributed by atoms with Gasteiger partial charge in [0.05, 0.1) is 0 Å². The summed E-state index contributed by atoms with van der Waals surface area (Å²) >= 11 is 0. The molecule has 4 rings (SSSR count). The van der Waals surface area contributed by atoms with Gasteiger partial charge in [-0.05, 0) is 54.9 Å². The van der Waals surface area contributed by atoms with Gasteiger partial charge in [-0.3, -0.25) is 4.79 Å². The van der Waals surface area contributed by atoms with Crippen molar-refractivity contribution in [2.24, 2.45) is 5.92 Å². The number of hydrogen-bond donors (Lipinski definition) is 1. The Labute approximate surface area is 133 Å². The molecule has 2 aliphatic heterocycles. The zero-order valence-corrected chi connectivity index (χ0v) is 13.3. The van der Waals surface area contributed by atoms with Crippen LogP contribution in [-0.2, 0) is 13.1 Å². The van der Waals surface area contributed by atoms with Crippen molar-refractivity contribution in [1.29, 1.82) is 0 Å². The lowest BCUT2D eigenvalue weighted by molar-refractivity contribution is 0.0661. The zero-order chi connectivity index (χ0) is 14.9. The Morgan fingerprint density at radius 2 is 1.82 bits per heavy atom. The molecule has 1 unspecified atom stereocenters. The van der Waals surface area contributed by atoms with Crippen molar-refractivity contribution in [3.63, 3.8) is 0 Å². The first-order chi connectivity index (χ1) is 10.8. The Hall–Kier alpha value is -1.35. The highest BCUT2D eigenvalue weighted by Gasteiger charge is 2.35. The molecule has 2 heterocycles. The van der Waals surface area contributed by atoms with Crippen LogP contribution >= 0.6 is 0 Å². The van der Waals surface area contributed by atoms with E-state index in [9.17, 15) is 4.79 Å². The molecular formula is C19H26N2O. The predicted octanol–water partition coefficient (Wildman–Crippen LogP) is 3.47. The van der Waals surface area contributed by atoms with Gasteiger partial charge in [0.25, 0.3) is 5.91 Å². The highest BCUT2D eigenvalue weighted by atomic mass is 16.2. The van der Waals surface area contributed by atoms with Gasteiger partial charge in [-0.2, -0.15) is 0 Å². The van der Waals surface area contributed by atoms with Crippen LogP contribution in [0.25, 0.3) is 0 Å². The van der Waals surface area contributed by atoms with Gasteiger partial charge in [-0.25, -0.2) is 0 Å². The number of carbonyl (C=O) groups excluding carboxylic acids is 1. The number of carbonyl (C=O) groups is 1. The quantitative estimate of drug-likeness (QED) is 0.906. The minimum absolute atomic E-state index is 0.266. The average Bonchev–Trinajstić information content (AvgIpc) is 3.23. The number of likely N-dealkylation sites (tertiary alicyclic amines) is 1. The molecule has 22 heavy (non-hydrogen) atoms. The van der Waals surface area contributed by atoms with Gasteiger partial charge in [0.15, 0.2) is 0 Å². The molecule has 1 saturated heterocycles. The maximum atomic E-state index is 13.0. The van der Waals surface area contributed by atoms with Gasteiger partial charge >= 0.3 is 0 Å². The van der Waals surface area contributed by atoms with E-state index in [1.54, 1.807) is 0 Å². The van der Waals surface area contributed by atoms with Crippen LogP contribution in [0, 0.1) is 5.92 Å². The molecule has 3 heteroatoms. The van der Waals surface area contributed by atoms with Crippen molar-refractivity contribution in [3.8, 4) is 0 Å². The van der Waals surface area contributed by atoms with Gasteiger partial charge in [0.1, 0.15) is 0 Å². The molecular weight excluding hydrogens is 272 g/mol. The van der Waals surface area contributed by atoms with Gasteiger partial charge in [0.2, 0.25) is 0 Å². The number of nitrogens with zero attached hydrogens (tertiary/aromatic N) is 1. The molecule has 3 nitrogen and oxygen atoms in total. The van der Waals surface area contributed by atoms with E-state index < -0.39 is 0 Å². The van der Waals surface area contributed by atoms with Gasteiger partial charge in [-0.1, -0.05) is 25.3 Å². The van der Waals surface area contributed by atoms with E-state index in [-0.39, 0.29) is 5.91 Å². The van der Waals surface area contributed by atoms with Crippen LogP contribution in [0.5, 0.6) is 0 Å². The molecule has 0 spiro atoms. The van der Waals surface area contributed by atoms with E-state index in [0.29, 0.717) is 6.04 Å². The van der Waals surface area contributed by atoms with Crippen molar-refractivity contribution >= 4 is 5.91 Å². The molecule has 1 saturated carbocycles. The standard InChI is InChI=1S/C19H26N2O/c22-19(15-8-9-16-12-20-13-17(16)11-15)21-10-4-7-18(21)14-5-2-1-3-6-14/h8-9,11,14,18,20H,1-7,10,12-13H2. The van der Waals surface area contributed by atoms with Gasteiger partial charge in [0, 0.05) is 31.2 Å². The van der Waals surface area contributed by atoms with Crippen molar-refractivity contribution in [1.82, 2.24) is 10.2 Å². The lowest BCUT2D eigenvalue weighted by Gasteiger charge is -2.34. The summed E-state index contributed by atoms with van der Waals surface area (Å²) in [6, 6.07) is 6.78. The smallest absolute Gasteiger partial charge is 0.254 e. The van der Waals surface area contributed by atoms with E-state index in [4.69, 9.17) is 0 Å². The largest absolute Gasteiger partial charge is 0.335 e. The summed E-state index contributed by atoms with van der Waals surface area (Å²) in [5.41, 5.74) is 3.55. The third-order valence-electron chi connectivity index (χ3n) is 5.84.